The molecule has 4 rings (SSSR count). The molecule has 0 spiro atoms. The Kier molecular flexibility index (Phi) is 5.59. The average molecular weight is 448 g/mol. The summed E-state index contributed by atoms with van der Waals surface area (Å²) in [6, 6.07) is 2.77. The van der Waals surface area contributed by atoms with Crippen molar-refractivity contribution in [1.82, 2.24) is 14.9 Å². The van der Waals surface area contributed by atoms with Gasteiger partial charge in [-0.3, -0.25) is 24.1 Å². The molecule has 1 saturated heterocycles. The summed E-state index contributed by atoms with van der Waals surface area (Å²) in [7, 11) is 3.13. The molecule has 1 fully saturated rings. The lowest BCUT2D eigenvalue weighted by atomic mass is 10.1. The van der Waals surface area contributed by atoms with Crippen LogP contribution in [0, 0.1) is 11.6 Å². The fourth-order valence-corrected chi connectivity index (χ4v) is 4.26. The summed E-state index contributed by atoms with van der Waals surface area (Å²) in [5, 5.41) is 14.7. The van der Waals surface area contributed by atoms with Gasteiger partial charge in [-0.05, 0) is 18.9 Å². The Bertz CT molecular complexity index is 1150. The Balaban J connectivity index is 1.70. The minimum atomic E-state index is -1.02. The van der Waals surface area contributed by atoms with Crippen molar-refractivity contribution in [1.29, 1.82) is 0 Å². The van der Waals surface area contributed by atoms with E-state index in [0.29, 0.717) is 25.5 Å². The van der Waals surface area contributed by atoms with Crippen LogP contribution >= 0.6 is 0 Å². The topological polar surface area (TPSA) is 104 Å². The van der Waals surface area contributed by atoms with Gasteiger partial charge < -0.3 is 20.1 Å². The van der Waals surface area contributed by atoms with Crippen molar-refractivity contribution in [3.63, 3.8) is 0 Å². The number of aromatic hydroxyl groups is 1. The number of nitrogens with one attached hydrogen (secondary N) is 1. The molecule has 1 aromatic carbocycles. The highest BCUT2D eigenvalue weighted by atomic mass is 19.1. The van der Waals surface area contributed by atoms with Crippen LogP contribution in [0.5, 0.6) is 5.75 Å². The van der Waals surface area contributed by atoms with Gasteiger partial charge in [0, 0.05) is 38.5 Å². The Hall–Kier alpha value is -3.47. The zero-order valence-corrected chi connectivity index (χ0v) is 17.5. The zero-order chi connectivity index (χ0) is 23.2. The van der Waals surface area contributed by atoms with E-state index in [0.717, 1.165) is 6.07 Å². The number of amides is 2. The first-order valence-corrected chi connectivity index (χ1v) is 10.00. The SMILES string of the molecule is COC[C@@H]1CC[C@H]2N(C)C(=O)c3c(O)c(=O)c(C(=O)NCc4ccc(F)cc4F)cn3N12. The molecule has 2 aliphatic heterocycles. The second kappa shape index (κ2) is 8.23. The predicted octanol–water partition coefficient (Wildman–Crippen LogP) is 0.921. The second-order valence-electron chi connectivity index (χ2n) is 7.80. The van der Waals surface area contributed by atoms with Crippen LogP contribution in [0.3, 0.4) is 0 Å². The minimum absolute atomic E-state index is 0.0265. The van der Waals surface area contributed by atoms with Crippen LogP contribution in [0.1, 0.15) is 39.3 Å². The number of nitrogens with zero attached hydrogens (tertiary/aromatic N) is 3. The number of fused-ring (bicyclic) bond motifs is 3. The molecule has 32 heavy (non-hydrogen) atoms. The molecule has 2 amide bonds. The van der Waals surface area contributed by atoms with Gasteiger partial charge in [0.1, 0.15) is 23.4 Å². The molecule has 0 radical (unpaired) electrons. The number of halogens is 2. The van der Waals surface area contributed by atoms with Gasteiger partial charge in [-0.1, -0.05) is 6.07 Å². The van der Waals surface area contributed by atoms with Crippen molar-refractivity contribution in [2.45, 2.75) is 31.6 Å². The monoisotopic (exact) mass is 448 g/mol. The second-order valence-corrected chi connectivity index (χ2v) is 7.80. The van der Waals surface area contributed by atoms with Crippen LogP contribution in [-0.2, 0) is 11.3 Å². The van der Waals surface area contributed by atoms with Gasteiger partial charge in [0.2, 0.25) is 5.43 Å². The van der Waals surface area contributed by atoms with Gasteiger partial charge in [-0.2, -0.15) is 0 Å². The highest BCUT2D eigenvalue weighted by molar-refractivity contribution is 5.99. The van der Waals surface area contributed by atoms with Gasteiger partial charge in [0.25, 0.3) is 11.8 Å². The number of methoxy groups -OCH3 is 1. The number of hydrogen-bond acceptors (Lipinski definition) is 6. The maximum absolute atomic E-state index is 13.9. The molecule has 3 heterocycles. The minimum Gasteiger partial charge on any atom is -0.502 e. The lowest BCUT2D eigenvalue weighted by molar-refractivity contribution is 0.0634. The van der Waals surface area contributed by atoms with E-state index in [2.05, 4.69) is 5.32 Å². The first-order chi connectivity index (χ1) is 15.2. The molecule has 9 nitrogen and oxygen atoms in total. The smallest absolute Gasteiger partial charge is 0.277 e. The van der Waals surface area contributed by atoms with Crippen LogP contribution in [0.15, 0.2) is 29.2 Å². The first kappa shape index (κ1) is 21.8. The lowest BCUT2D eigenvalue weighted by Crippen LogP contribution is -2.60. The fraction of sp³-hybridized carbons (Fsp3) is 0.381. The molecule has 1 aromatic heterocycles. The van der Waals surface area contributed by atoms with Gasteiger partial charge in [-0.15, -0.1) is 0 Å². The third-order valence-electron chi connectivity index (χ3n) is 5.88. The number of rotatable bonds is 5. The molecule has 0 unspecified atom stereocenters. The summed E-state index contributed by atoms with van der Waals surface area (Å²) in [4.78, 5) is 39.7. The maximum Gasteiger partial charge on any atom is 0.277 e. The van der Waals surface area contributed by atoms with E-state index < -0.39 is 40.2 Å². The number of hydrogen-bond donors (Lipinski definition) is 2. The molecule has 0 aliphatic carbocycles. The molecule has 0 saturated carbocycles. The summed E-state index contributed by atoms with van der Waals surface area (Å²) in [5.74, 6) is -3.85. The standard InChI is InChI=1S/C21H22F2N4O5/c1-25-16-6-5-13(10-32-2)27(16)26-9-14(18(28)19(29)17(26)21(25)31)20(30)24-8-11-3-4-12(22)7-15(11)23/h3-4,7,9,13,16,29H,5-6,8,10H2,1-2H3,(H,24,30)/t13-,16-/m0/s1. The van der Waals surface area contributed by atoms with Crippen LogP contribution in [0.4, 0.5) is 8.78 Å². The van der Waals surface area contributed by atoms with Gasteiger partial charge in [-0.25, -0.2) is 8.78 Å². The van der Waals surface area contributed by atoms with Crippen LogP contribution < -0.4 is 15.8 Å². The third kappa shape index (κ3) is 3.48. The van der Waals surface area contributed by atoms with Crippen molar-refractivity contribution in [2.75, 3.05) is 25.8 Å². The van der Waals surface area contributed by atoms with E-state index in [1.165, 1.54) is 21.8 Å². The third-order valence-corrected chi connectivity index (χ3v) is 5.88. The molecular weight excluding hydrogens is 426 g/mol. The molecule has 0 bridgehead atoms. The van der Waals surface area contributed by atoms with Crippen molar-refractivity contribution in [2.24, 2.45) is 0 Å². The summed E-state index contributed by atoms with van der Waals surface area (Å²) in [6.45, 7) is 0.0451. The normalized spacial score (nSPS) is 19.7. The van der Waals surface area contributed by atoms with Crippen molar-refractivity contribution < 1.29 is 28.2 Å². The van der Waals surface area contributed by atoms with E-state index in [4.69, 9.17) is 4.74 Å². The molecule has 2 atom stereocenters. The van der Waals surface area contributed by atoms with E-state index in [9.17, 15) is 28.3 Å². The molecule has 2 N–H and O–H groups in total. The Labute approximate surface area is 181 Å². The van der Waals surface area contributed by atoms with Gasteiger partial charge >= 0.3 is 0 Å². The van der Waals surface area contributed by atoms with Crippen molar-refractivity contribution in [3.05, 3.63) is 63.1 Å². The van der Waals surface area contributed by atoms with E-state index in [1.807, 2.05) is 0 Å². The zero-order valence-electron chi connectivity index (χ0n) is 17.5. The Morgan fingerprint density at radius 3 is 2.72 bits per heavy atom. The van der Waals surface area contributed by atoms with E-state index in [1.54, 1.807) is 19.2 Å². The highest BCUT2D eigenvalue weighted by Gasteiger charge is 2.45. The first-order valence-electron chi connectivity index (χ1n) is 10.00. The number of aromatic nitrogens is 1. The van der Waals surface area contributed by atoms with Crippen LogP contribution in [0.2, 0.25) is 0 Å². The van der Waals surface area contributed by atoms with Crippen molar-refractivity contribution >= 4 is 11.8 Å². The Morgan fingerprint density at radius 2 is 2.03 bits per heavy atom. The van der Waals surface area contributed by atoms with Crippen LogP contribution in [0.25, 0.3) is 0 Å². The largest absolute Gasteiger partial charge is 0.502 e. The molecule has 11 heteroatoms. The van der Waals surface area contributed by atoms with E-state index >= 15 is 0 Å². The predicted molar refractivity (Wildman–Crippen MR) is 109 cm³/mol. The van der Waals surface area contributed by atoms with Crippen LogP contribution in [-0.4, -0.2) is 59.5 Å². The number of ether oxygens (including phenoxy) is 1. The molecule has 2 aromatic rings. The summed E-state index contributed by atoms with van der Waals surface area (Å²) in [6.07, 6.45) is 2.22. The number of carbonyl (C=O) groups excluding carboxylic acids is 2. The lowest BCUT2D eigenvalue weighted by Gasteiger charge is -2.43. The average Bonchev–Trinajstić information content (AvgIpc) is 3.17. The van der Waals surface area contributed by atoms with Gasteiger partial charge in [0.05, 0.1) is 12.6 Å². The number of pyridine rings is 1. The number of carbonyl (C=O) groups is 2. The summed E-state index contributed by atoms with van der Waals surface area (Å²) in [5.41, 5.74) is -1.64. The van der Waals surface area contributed by atoms with Crippen molar-refractivity contribution in [3.8, 4) is 5.75 Å². The molecular formula is C21H22F2N4O5. The summed E-state index contributed by atoms with van der Waals surface area (Å²) >= 11 is 0. The molecule has 170 valence electrons. The quantitative estimate of drug-likeness (QED) is 0.705. The van der Waals surface area contributed by atoms with Gasteiger partial charge in [0.15, 0.2) is 11.4 Å². The number of benzene rings is 1. The molecule has 2 aliphatic rings. The Morgan fingerprint density at radius 1 is 1.28 bits per heavy atom. The summed E-state index contributed by atoms with van der Waals surface area (Å²) < 4.78 is 33.5. The maximum atomic E-state index is 13.9. The highest BCUT2D eigenvalue weighted by Crippen LogP contribution is 2.32. The fourth-order valence-electron chi connectivity index (χ4n) is 4.26. The van der Waals surface area contributed by atoms with E-state index in [-0.39, 0.29) is 30.0 Å².